The zero-order valence-corrected chi connectivity index (χ0v) is 9.71. The van der Waals surface area contributed by atoms with Crippen LogP contribution in [0.2, 0.25) is 0 Å². The Labute approximate surface area is 98.6 Å². The second-order valence-corrected chi connectivity index (χ2v) is 3.59. The van der Waals surface area contributed by atoms with Crippen LogP contribution in [-0.2, 0) is 4.74 Å². The molecule has 17 heavy (non-hydrogen) atoms. The van der Waals surface area contributed by atoms with E-state index in [0.29, 0.717) is 18.0 Å². The standard InChI is InChI=1S/C10H15N3O4/c1-7-4-11-10(3-9(7)13(15)16)12-8(5-14)6-17-2/h3-4,8,14H,5-6H2,1-2H3,(H,11,12). The Hall–Kier alpha value is -1.73. The van der Waals surface area contributed by atoms with Crippen molar-refractivity contribution in [3.05, 3.63) is 27.9 Å². The highest BCUT2D eigenvalue weighted by Crippen LogP contribution is 2.20. The average molecular weight is 241 g/mol. The van der Waals surface area contributed by atoms with E-state index in [9.17, 15) is 10.1 Å². The molecule has 1 unspecified atom stereocenters. The van der Waals surface area contributed by atoms with Crippen LogP contribution in [0.4, 0.5) is 11.5 Å². The van der Waals surface area contributed by atoms with Crippen molar-refractivity contribution in [2.24, 2.45) is 0 Å². The lowest BCUT2D eigenvalue weighted by atomic mass is 10.2. The topological polar surface area (TPSA) is 97.5 Å². The third kappa shape index (κ3) is 3.65. The van der Waals surface area contributed by atoms with Crippen molar-refractivity contribution < 1.29 is 14.8 Å². The summed E-state index contributed by atoms with van der Waals surface area (Å²) in [6.07, 6.45) is 1.42. The van der Waals surface area contributed by atoms with Crippen molar-refractivity contribution in [2.45, 2.75) is 13.0 Å². The molecule has 1 heterocycles. The molecule has 7 nitrogen and oxygen atoms in total. The minimum absolute atomic E-state index is 0.00314. The highest BCUT2D eigenvalue weighted by molar-refractivity contribution is 5.49. The maximum Gasteiger partial charge on any atom is 0.277 e. The van der Waals surface area contributed by atoms with E-state index < -0.39 is 4.92 Å². The molecular weight excluding hydrogens is 226 g/mol. The Bertz CT molecular complexity index is 397. The molecule has 2 N–H and O–H groups in total. The SMILES string of the molecule is COCC(CO)Nc1cc([N+](=O)[O-])c(C)cn1. The van der Waals surface area contributed by atoms with Crippen LogP contribution in [0.1, 0.15) is 5.56 Å². The first kappa shape index (κ1) is 13.3. The van der Waals surface area contributed by atoms with E-state index in [2.05, 4.69) is 10.3 Å². The molecule has 0 spiro atoms. The minimum atomic E-state index is -0.466. The Morgan fingerprint density at radius 1 is 1.71 bits per heavy atom. The van der Waals surface area contributed by atoms with E-state index in [1.54, 1.807) is 6.92 Å². The first-order valence-corrected chi connectivity index (χ1v) is 5.05. The summed E-state index contributed by atoms with van der Waals surface area (Å²) in [5.41, 5.74) is 0.490. The molecule has 1 rings (SSSR count). The van der Waals surface area contributed by atoms with Gasteiger partial charge >= 0.3 is 0 Å². The van der Waals surface area contributed by atoms with Gasteiger partial charge in [-0.25, -0.2) is 4.98 Å². The summed E-state index contributed by atoms with van der Waals surface area (Å²) >= 11 is 0. The maximum atomic E-state index is 10.7. The van der Waals surface area contributed by atoms with Crippen LogP contribution in [0.15, 0.2) is 12.3 Å². The highest BCUT2D eigenvalue weighted by atomic mass is 16.6. The van der Waals surface area contributed by atoms with Gasteiger partial charge in [0.25, 0.3) is 5.69 Å². The van der Waals surface area contributed by atoms with E-state index in [1.165, 1.54) is 19.4 Å². The van der Waals surface area contributed by atoms with Crippen molar-refractivity contribution in [1.82, 2.24) is 4.98 Å². The first-order valence-electron chi connectivity index (χ1n) is 5.05. The van der Waals surface area contributed by atoms with Gasteiger partial charge in [-0.3, -0.25) is 10.1 Å². The fourth-order valence-corrected chi connectivity index (χ4v) is 1.34. The lowest BCUT2D eigenvalue weighted by Gasteiger charge is -2.15. The number of nitrogens with zero attached hydrogens (tertiary/aromatic N) is 2. The second-order valence-electron chi connectivity index (χ2n) is 3.59. The maximum absolute atomic E-state index is 10.7. The number of ether oxygens (including phenoxy) is 1. The number of anilines is 1. The Morgan fingerprint density at radius 2 is 2.41 bits per heavy atom. The summed E-state index contributed by atoms with van der Waals surface area (Å²) in [7, 11) is 1.51. The summed E-state index contributed by atoms with van der Waals surface area (Å²) in [5, 5.41) is 22.6. The van der Waals surface area contributed by atoms with Crippen LogP contribution in [0.25, 0.3) is 0 Å². The average Bonchev–Trinajstić information content (AvgIpc) is 2.30. The zero-order chi connectivity index (χ0) is 12.8. The molecule has 0 aliphatic carbocycles. The van der Waals surface area contributed by atoms with Crippen molar-refractivity contribution in [1.29, 1.82) is 0 Å². The van der Waals surface area contributed by atoms with E-state index in [4.69, 9.17) is 9.84 Å². The third-order valence-electron chi connectivity index (χ3n) is 2.21. The summed E-state index contributed by atoms with van der Waals surface area (Å²) in [6, 6.07) is 1.00. The summed E-state index contributed by atoms with van der Waals surface area (Å²) in [5.74, 6) is 0.346. The number of aliphatic hydroxyl groups is 1. The largest absolute Gasteiger partial charge is 0.394 e. The molecule has 0 aromatic carbocycles. The number of hydrogen-bond acceptors (Lipinski definition) is 6. The second kappa shape index (κ2) is 6.12. The Morgan fingerprint density at radius 3 is 2.94 bits per heavy atom. The molecule has 0 radical (unpaired) electrons. The first-order chi connectivity index (χ1) is 8.08. The molecule has 94 valence electrons. The summed E-state index contributed by atoms with van der Waals surface area (Å²) in [6.45, 7) is 1.77. The summed E-state index contributed by atoms with van der Waals surface area (Å²) < 4.78 is 4.88. The number of rotatable bonds is 6. The van der Waals surface area contributed by atoms with Gasteiger partial charge in [0.2, 0.25) is 0 Å². The van der Waals surface area contributed by atoms with Crippen molar-refractivity contribution in [3.8, 4) is 0 Å². The molecular formula is C10H15N3O4. The van der Waals surface area contributed by atoms with Crippen LogP contribution in [-0.4, -0.2) is 41.4 Å². The molecule has 1 aromatic heterocycles. The number of aromatic nitrogens is 1. The molecule has 0 aliphatic heterocycles. The quantitative estimate of drug-likeness (QED) is 0.562. The number of nitrogens with one attached hydrogen (secondary N) is 1. The van der Waals surface area contributed by atoms with Crippen LogP contribution >= 0.6 is 0 Å². The number of pyridine rings is 1. The van der Waals surface area contributed by atoms with Gasteiger partial charge < -0.3 is 15.2 Å². The number of aryl methyl sites for hydroxylation is 1. The molecule has 0 saturated carbocycles. The van der Waals surface area contributed by atoms with Gasteiger partial charge in [-0.2, -0.15) is 0 Å². The van der Waals surface area contributed by atoms with Gasteiger partial charge in [0.1, 0.15) is 5.82 Å². The molecule has 0 bridgehead atoms. The van der Waals surface area contributed by atoms with Crippen LogP contribution in [0.3, 0.4) is 0 Å². The van der Waals surface area contributed by atoms with E-state index >= 15 is 0 Å². The van der Waals surface area contributed by atoms with Crippen LogP contribution in [0.5, 0.6) is 0 Å². The normalized spacial score (nSPS) is 12.2. The Balaban J connectivity index is 2.84. The molecule has 1 aromatic rings. The van der Waals surface area contributed by atoms with Gasteiger partial charge in [-0.05, 0) is 6.92 Å². The van der Waals surface area contributed by atoms with Crippen LogP contribution < -0.4 is 5.32 Å². The van der Waals surface area contributed by atoms with Gasteiger partial charge in [-0.1, -0.05) is 0 Å². The number of hydrogen-bond donors (Lipinski definition) is 2. The fraction of sp³-hybridized carbons (Fsp3) is 0.500. The molecule has 1 atom stereocenters. The monoisotopic (exact) mass is 241 g/mol. The molecule has 7 heteroatoms. The third-order valence-corrected chi connectivity index (χ3v) is 2.21. The number of aliphatic hydroxyl groups excluding tert-OH is 1. The van der Waals surface area contributed by atoms with Crippen LogP contribution in [0, 0.1) is 17.0 Å². The molecule has 0 saturated heterocycles. The van der Waals surface area contributed by atoms with Crippen molar-refractivity contribution in [2.75, 3.05) is 25.6 Å². The lowest BCUT2D eigenvalue weighted by molar-refractivity contribution is -0.385. The zero-order valence-electron chi connectivity index (χ0n) is 9.71. The fourth-order valence-electron chi connectivity index (χ4n) is 1.34. The van der Waals surface area contributed by atoms with E-state index in [1.807, 2.05) is 0 Å². The number of methoxy groups -OCH3 is 1. The molecule has 0 aliphatic rings. The minimum Gasteiger partial charge on any atom is -0.394 e. The van der Waals surface area contributed by atoms with E-state index in [0.717, 1.165) is 0 Å². The lowest BCUT2D eigenvalue weighted by Crippen LogP contribution is -2.29. The van der Waals surface area contributed by atoms with E-state index in [-0.39, 0.29) is 18.3 Å². The van der Waals surface area contributed by atoms with Gasteiger partial charge in [0.05, 0.1) is 30.2 Å². The highest BCUT2D eigenvalue weighted by Gasteiger charge is 2.14. The van der Waals surface area contributed by atoms with Crippen molar-refractivity contribution in [3.63, 3.8) is 0 Å². The molecule has 0 amide bonds. The number of nitro groups is 1. The van der Waals surface area contributed by atoms with Gasteiger partial charge in [-0.15, -0.1) is 0 Å². The van der Waals surface area contributed by atoms with Crippen molar-refractivity contribution >= 4 is 11.5 Å². The predicted molar refractivity (Wildman–Crippen MR) is 62.0 cm³/mol. The smallest absolute Gasteiger partial charge is 0.277 e. The Kier molecular flexibility index (Phi) is 4.80. The molecule has 0 fully saturated rings. The summed E-state index contributed by atoms with van der Waals surface area (Å²) in [4.78, 5) is 14.3. The predicted octanol–water partition coefficient (Wildman–Crippen LogP) is 0.717. The van der Waals surface area contributed by atoms with Gasteiger partial charge in [0.15, 0.2) is 0 Å². The van der Waals surface area contributed by atoms with Gasteiger partial charge in [0, 0.05) is 18.9 Å².